The predicted molar refractivity (Wildman–Crippen MR) is 125 cm³/mol. The molecule has 1 saturated heterocycles. The molecule has 31 heavy (non-hydrogen) atoms. The van der Waals surface area contributed by atoms with Crippen molar-refractivity contribution in [2.45, 2.75) is 116 Å². The zero-order chi connectivity index (χ0) is 21.4. The molecule has 5 aliphatic carbocycles. The van der Waals surface area contributed by atoms with Crippen molar-refractivity contribution < 1.29 is 10.2 Å². The molecule has 0 aromatic rings. The van der Waals surface area contributed by atoms with Gasteiger partial charge in [-0.25, -0.2) is 0 Å². The quantitative estimate of drug-likeness (QED) is 0.631. The van der Waals surface area contributed by atoms with Gasteiger partial charge in [-0.2, -0.15) is 0 Å². The van der Waals surface area contributed by atoms with Gasteiger partial charge in [-0.15, -0.1) is 0 Å². The van der Waals surface area contributed by atoms with Gasteiger partial charge in [0.1, 0.15) is 0 Å². The van der Waals surface area contributed by atoms with E-state index < -0.39 is 0 Å². The van der Waals surface area contributed by atoms with Crippen molar-refractivity contribution in [2.24, 2.45) is 46.3 Å². The van der Waals surface area contributed by atoms with Gasteiger partial charge in [-0.05, 0) is 117 Å². The Morgan fingerprint density at radius 1 is 0.742 bits per heavy atom. The molecule has 2 N–H and O–H groups in total. The van der Waals surface area contributed by atoms with E-state index in [4.69, 9.17) is 0 Å². The molecule has 0 aromatic carbocycles. The molecule has 6 rings (SSSR count). The molecule has 6 aliphatic rings. The number of aliphatic hydroxyl groups excluding tert-OH is 2. The topological polar surface area (TPSA) is 43.7 Å². The lowest BCUT2D eigenvalue weighted by Crippen LogP contribution is -2.59. The fourth-order valence-corrected chi connectivity index (χ4v) is 10.6. The van der Waals surface area contributed by atoms with Crippen molar-refractivity contribution in [1.82, 2.24) is 4.90 Å². The van der Waals surface area contributed by atoms with E-state index in [1.807, 2.05) is 0 Å². The Hall–Kier alpha value is -0.120. The molecule has 6 fully saturated rings. The van der Waals surface area contributed by atoms with Gasteiger partial charge in [0.25, 0.3) is 0 Å². The SMILES string of the molecule is C[C@]12C[C@H](N3CCCC3)[C@@H](O)C[C@@H]1CC[C@@H]1[C@@H]2CC[C@]2(C)[C@@H](O)[C@@H](C3CCCC3)C[C@@H]12. The Morgan fingerprint density at radius 2 is 1.48 bits per heavy atom. The number of likely N-dealkylation sites (tertiary alicyclic amines) is 1. The van der Waals surface area contributed by atoms with E-state index in [2.05, 4.69) is 18.7 Å². The summed E-state index contributed by atoms with van der Waals surface area (Å²) in [5.74, 6) is 4.46. The normalized spacial score (nSPS) is 55.7. The van der Waals surface area contributed by atoms with Crippen LogP contribution in [0.3, 0.4) is 0 Å². The lowest BCUT2D eigenvalue weighted by Gasteiger charge is -2.62. The average molecular weight is 430 g/mol. The van der Waals surface area contributed by atoms with Gasteiger partial charge in [-0.1, -0.05) is 39.5 Å². The van der Waals surface area contributed by atoms with Crippen LogP contribution in [0.2, 0.25) is 0 Å². The van der Waals surface area contributed by atoms with E-state index in [-0.39, 0.29) is 17.6 Å². The van der Waals surface area contributed by atoms with Crippen molar-refractivity contribution in [3.63, 3.8) is 0 Å². The van der Waals surface area contributed by atoms with Crippen molar-refractivity contribution in [1.29, 1.82) is 0 Å². The highest BCUT2D eigenvalue weighted by Crippen LogP contribution is 2.68. The highest BCUT2D eigenvalue weighted by molar-refractivity contribution is 5.13. The molecular formula is C28H47NO2. The first-order valence-corrected chi connectivity index (χ1v) is 14.0. The standard InChI is InChI=1S/C28H47NO2/c1-27-12-11-22-20(23(27)16-21(26(27)31)18-7-3-4-8-18)10-9-19-15-25(30)24(17-28(19,22)2)29-13-5-6-14-29/h18-26,30-31H,3-17H2,1-2H3/t19-,20+,21+,22-,23-,24-,25-,26-,27-,28-/m0/s1. The molecule has 10 atom stereocenters. The summed E-state index contributed by atoms with van der Waals surface area (Å²) >= 11 is 0. The van der Waals surface area contributed by atoms with Crippen molar-refractivity contribution >= 4 is 0 Å². The van der Waals surface area contributed by atoms with Gasteiger partial charge in [0.2, 0.25) is 0 Å². The number of nitrogens with zero attached hydrogens (tertiary/aromatic N) is 1. The first-order chi connectivity index (χ1) is 14.9. The van der Waals surface area contributed by atoms with E-state index in [0.29, 0.717) is 23.3 Å². The summed E-state index contributed by atoms with van der Waals surface area (Å²) in [6.45, 7) is 7.50. The number of hydrogen-bond acceptors (Lipinski definition) is 3. The molecule has 176 valence electrons. The van der Waals surface area contributed by atoms with Crippen LogP contribution in [0.5, 0.6) is 0 Å². The molecule has 1 heterocycles. The van der Waals surface area contributed by atoms with Crippen LogP contribution in [0.25, 0.3) is 0 Å². The molecule has 3 heteroatoms. The molecule has 0 amide bonds. The number of aliphatic hydroxyl groups is 2. The molecular weight excluding hydrogens is 382 g/mol. The van der Waals surface area contributed by atoms with Gasteiger partial charge in [0.05, 0.1) is 12.2 Å². The lowest BCUT2D eigenvalue weighted by molar-refractivity contribution is -0.152. The van der Waals surface area contributed by atoms with E-state index in [9.17, 15) is 10.2 Å². The third kappa shape index (κ3) is 3.15. The van der Waals surface area contributed by atoms with Crippen LogP contribution in [0, 0.1) is 46.3 Å². The fourth-order valence-electron chi connectivity index (χ4n) is 10.6. The summed E-state index contributed by atoms with van der Waals surface area (Å²) in [4.78, 5) is 2.64. The summed E-state index contributed by atoms with van der Waals surface area (Å²) < 4.78 is 0. The Kier molecular flexibility index (Phi) is 5.32. The summed E-state index contributed by atoms with van der Waals surface area (Å²) in [6, 6.07) is 0.399. The average Bonchev–Trinajstić information content (AvgIpc) is 3.50. The monoisotopic (exact) mass is 429 g/mol. The van der Waals surface area contributed by atoms with E-state index in [0.717, 1.165) is 30.1 Å². The third-order valence-electron chi connectivity index (χ3n) is 12.3. The third-order valence-corrected chi connectivity index (χ3v) is 12.3. The Morgan fingerprint density at radius 3 is 2.23 bits per heavy atom. The summed E-state index contributed by atoms with van der Waals surface area (Å²) in [6.07, 6.45) is 16.8. The molecule has 0 aromatic heterocycles. The molecule has 0 bridgehead atoms. The second-order valence-electron chi connectivity index (χ2n) is 13.4. The van der Waals surface area contributed by atoms with Crippen LogP contribution in [-0.4, -0.2) is 46.5 Å². The largest absolute Gasteiger partial charge is 0.392 e. The number of rotatable bonds is 2. The summed E-state index contributed by atoms with van der Waals surface area (Å²) in [5, 5.41) is 22.7. The van der Waals surface area contributed by atoms with Crippen molar-refractivity contribution in [3.05, 3.63) is 0 Å². The number of hydrogen-bond donors (Lipinski definition) is 2. The van der Waals surface area contributed by atoms with Gasteiger partial charge < -0.3 is 10.2 Å². The summed E-state index contributed by atoms with van der Waals surface area (Å²) in [7, 11) is 0. The zero-order valence-corrected chi connectivity index (χ0v) is 20.1. The Bertz CT molecular complexity index is 670. The van der Waals surface area contributed by atoms with E-state index in [1.54, 1.807) is 0 Å². The lowest BCUT2D eigenvalue weighted by atomic mass is 9.44. The van der Waals surface area contributed by atoms with Crippen LogP contribution in [0.15, 0.2) is 0 Å². The zero-order valence-electron chi connectivity index (χ0n) is 20.1. The van der Waals surface area contributed by atoms with Gasteiger partial charge in [0.15, 0.2) is 0 Å². The molecule has 0 unspecified atom stereocenters. The Labute approximate surface area is 190 Å². The molecule has 1 aliphatic heterocycles. The minimum Gasteiger partial charge on any atom is -0.392 e. The van der Waals surface area contributed by atoms with E-state index >= 15 is 0 Å². The Balaban J connectivity index is 1.26. The maximum atomic E-state index is 11.6. The fraction of sp³-hybridized carbons (Fsp3) is 1.00. The van der Waals surface area contributed by atoms with Crippen molar-refractivity contribution in [3.8, 4) is 0 Å². The highest BCUT2D eigenvalue weighted by Gasteiger charge is 2.63. The minimum atomic E-state index is -0.110. The minimum absolute atomic E-state index is 0.0578. The van der Waals surface area contributed by atoms with Gasteiger partial charge in [-0.3, -0.25) is 4.90 Å². The van der Waals surface area contributed by atoms with Crippen LogP contribution in [0.4, 0.5) is 0 Å². The van der Waals surface area contributed by atoms with Crippen molar-refractivity contribution in [2.75, 3.05) is 13.1 Å². The molecule has 0 spiro atoms. The first-order valence-electron chi connectivity index (χ1n) is 14.0. The first kappa shape index (κ1) is 21.4. The van der Waals surface area contributed by atoms with Crippen LogP contribution in [-0.2, 0) is 0 Å². The van der Waals surface area contributed by atoms with Crippen LogP contribution < -0.4 is 0 Å². The van der Waals surface area contributed by atoms with E-state index in [1.165, 1.54) is 90.1 Å². The molecule has 0 radical (unpaired) electrons. The summed E-state index contributed by atoms with van der Waals surface area (Å²) in [5.41, 5.74) is 0.563. The highest BCUT2D eigenvalue weighted by atomic mass is 16.3. The van der Waals surface area contributed by atoms with Crippen LogP contribution in [0.1, 0.15) is 97.3 Å². The predicted octanol–water partition coefficient (Wildman–Crippen LogP) is 5.24. The smallest absolute Gasteiger partial charge is 0.0698 e. The molecule has 5 saturated carbocycles. The second-order valence-corrected chi connectivity index (χ2v) is 13.4. The second kappa shape index (κ2) is 7.70. The van der Waals surface area contributed by atoms with Crippen LogP contribution >= 0.6 is 0 Å². The van der Waals surface area contributed by atoms with Gasteiger partial charge in [0, 0.05) is 6.04 Å². The maximum Gasteiger partial charge on any atom is 0.0698 e. The molecule has 3 nitrogen and oxygen atoms in total. The number of fused-ring (bicyclic) bond motifs is 5. The van der Waals surface area contributed by atoms with Gasteiger partial charge >= 0.3 is 0 Å². The maximum absolute atomic E-state index is 11.6.